The normalized spacial score (nSPS) is 17.6. The van der Waals surface area contributed by atoms with E-state index in [1.165, 1.54) is 12.0 Å². The van der Waals surface area contributed by atoms with Gasteiger partial charge in [-0.3, -0.25) is 4.79 Å². The Balaban J connectivity index is 1.18. The summed E-state index contributed by atoms with van der Waals surface area (Å²) >= 11 is 0. The first kappa shape index (κ1) is 22.5. The number of nitrogens with zero attached hydrogens (tertiary/aromatic N) is 1. The molecule has 1 aliphatic rings. The third-order valence-corrected chi connectivity index (χ3v) is 6.45. The number of halogens is 1. The van der Waals surface area contributed by atoms with Gasteiger partial charge in [0, 0.05) is 18.7 Å². The molecule has 3 nitrogen and oxygen atoms in total. The van der Waals surface area contributed by atoms with Gasteiger partial charge in [0.25, 0.3) is 5.91 Å². The van der Waals surface area contributed by atoms with Crippen LogP contribution < -0.4 is 5.32 Å². The molecule has 0 aromatic heterocycles. The average Bonchev–Trinajstić information content (AvgIpc) is 3.58. The number of hydrogen-bond donors (Lipinski definition) is 1. The molecule has 2 atom stereocenters. The molecule has 4 rings (SSSR count). The molecule has 1 N–H and O–H groups in total. The number of hydrogen-bond acceptors (Lipinski definition) is 2. The van der Waals surface area contributed by atoms with Gasteiger partial charge in [0.2, 0.25) is 0 Å². The number of carbonyl (C=O) groups is 1. The summed E-state index contributed by atoms with van der Waals surface area (Å²) in [6.07, 6.45) is 4.40. The third kappa shape index (κ3) is 5.95. The number of fused-ring (bicyclic) bond motifs is 1. The molecule has 0 aliphatic heterocycles. The zero-order valence-electron chi connectivity index (χ0n) is 18.9. The second-order valence-electron chi connectivity index (χ2n) is 8.98. The molecule has 4 heteroatoms. The first-order valence-corrected chi connectivity index (χ1v) is 11.9. The molecule has 0 heterocycles. The smallest absolute Gasteiger partial charge is 0.251 e. The van der Waals surface area contributed by atoms with E-state index < -0.39 is 0 Å². The van der Waals surface area contributed by atoms with Crippen molar-refractivity contribution in [2.45, 2.75) is 38.5 Å². The zero-order chi connectivity index (χ0) is 22.3. The van der Waals surface area contributed by atoms with Gasteiger partial charge in [-0.15, -0.1) is 0 Å². The summed E-state index contributed by atoms with van der Waals surface area (Å²) < 4.78 is 13.2. The summed E-state index contributed by atoms with van der Waals surface area (Å²) in [4.78, 5) is 15.0. The molecule has 1 saturated carbocycles. The van der Waals surface area contributed by atoms with Gasteiger partial charge in [0.15, 0.2) is 0 Å². The van der Waals surface area contributed by atoms with Gasteiger partial charge in [-0.2, -0.15) is 0 Å². The summed E-state index contributed by atoms with van der Waals surface area (Å²) in [6.45, 7) is 6.20. The second-order valence-corrected chi connectivity index (χ2v) is 8.98. The van der Waals surface area contributed by atoms with Crippen molar-refractivity contribution >= 4 is 16.7 Å². The minimum Gasteiger partial charge on any atom is -0.352 e. The van der Waals surface area contributed by atoms with Crippen LogP contribution >= 0.6 is 0 Å². The fourth-order valence-electron chi connectivity index (χ4n) is 4.60. The van der Waals surface area contributed by atoms with Gasteiger partial charge >= 0.3 is 0 Å². The lowest BCUT2D eigenvalue weighted by Crippen LogP contribution is -2.29. The highest BCUT2D eigenvalue weighted by Crippen LogP contribution is 2.47. The van der Waals surface area contributed by atoms with E-state index in [9.17, 15) is 9.18 Å². The van der Waals surface area contributed by atoms with Crippen molar-refractivity contribution in [3.05, 3.63) is 83.7 Å². The Kier molecular flexibility index (Phi) is 7.54. The van der Waals surface area contributed by atoms with Crippen molar-refractivity contribution < 1.29 is 9.18 Å². The highest BCUT2D eigenvalue weighted by Gasteiger charge is 2.38. The fraction of sp³-hybridized carbons (Fsp3) is 0.393. The Hall–Kier alpha value is -2.72. The van der Waals surface area contributed by atoms with E-state index in [0.29, 0.717) is 18.4 Å². The van der Waals surface area contributed by atoms with E-state index in [1.807, 2.05) is 48.5 Å². The Bertz CT molecular complexity index is 1030. The second kappa shape index (κ2) is 10.7. The largest absolute Gasteiger partial charge is 0.352 e. The first-order chi connectivity index (χ1) is 15.6. The highest BCUT2D eigenvalue weighted by molar-refractivity contribution is 5.98. The lowest BCUT2D eigenvalue weighted by molar-refractivity contribution is 0.0952. The molecule has 168 valence electrons. The van der Waals surface area contributed by atoms with Crippen molar-refractivity contribution in [1.82, 2.24) is 10.2 Å². The Labute approximate surface area is 190 Å². The van der Waals surface area contributed by atoms with Crippen molar-refractivity contribution in [2.24, 2.45) is 5.92 Å². The maximum absolute atomic E-state index is 13.2. The molecule has 1 fully saturated rings. The maximum Gasteiger partial charge on any atom is 0.251 e. The van der Waals surface area contributed by atoms with Crippen LogP contribution in [0.3, 0.4) is 0 Å². The Morgan fingerprint density at radius 1 is 1.00 bits per heavy atom. The molecule has 3 aromatic carbocycles. The fourth-order valence-corrected chi connectivity index (χ4v) is 4.60. The van der Waals surface area contributed by atoms with Crippen molar-refractivity contribution in [1.29, 1.82) is 0 Å². The van der Waals surface area contributed by atoms with Crippen LogP contribution in [0.25, 0.3) is 10.8 Å². The van der Waals surface area contributed by atoms with Crippen LogP contribution in [0.4, 0.5) is 4.39 Å². The molecule has 0 saturated heterocycles. The molecule has 0 radical (unpaired) electrons. The van der Waals surface area contributed by atoms with Crippen LogP contribution in [-0.2, 0) is 0 Å². The van der Waals surface area contributed by atoms with E-state index in [1.54, 1.807) is 12.1 Å². The summed E-state index contributed by atoms with van der Waals surface area (Å²) in [7, 11) is 0. The SMILES string of the molecule is CCCN(CCCCNC(=O)c1ccc2ccccc2c1)CC1CC1c1ccc(F)cc1. The minimum atomic E-state index is -0.161. The highest BCUT2D eigenvalue weighted by atomic mass is 19.1. The molecule has 3 aromatic rings. The number of benzene rings is 3. The van der Waals surface area contributed by atoms with E-state index in [-0.39, 0.29) is 11.7 Å². The van der Waals surface area contributed by atoms with Crippen LogP contribution in [0.2, 0.25) is 0 Å². The quantitative estimate of drug-likeness (QED) is 0.377. The number of nitrogens with one attached hydrogen (secondary N) is 1. The minimum absolute atomic E-state index is 0.00119. The molecule has 0 spiro atoms. The molecule has 2 unspecified atom stereocenters. The van der Waals surface area contributed by atoms with Gasteiger partial charge in [-0.1, -0.05) is 49.4 Å². The maximum atomic E-state index is 13.2. The monoisotopic (exact) mass is 432 g/mol. The van der Waals surface area contributed by atoms with Gasteiger partial charge in [0.1, 0.15) is 5.82 Å². The first-order valence-electron chi connectivity index (χ1n) is 11.9. The van der Waals surface area contributed by atoms with E-state index >= 15 is 0 Å². The predicted molar refractivity (Wildman–Crippen MR) is 129 cm³/mol. The Morgan fingerprint density at radius 2 is 1.78 bits per heavy atom. The van der Waals surface area contributed by atoms with Crippen LogP contribution in [-0.4, -0.2) is 37.0 Å². The molecule has 0 bridgehead atoms. The lowest BCUT2D eigenvalue weighted by atomic mass is 10.1. The van der Waals surface area contributed by atoms with Gasteiger partial charge in [-0.25, -0.2) is 4.39 Å². The van der Waals surface area contributed by atoms with Crippen molar-refractivity contribution in [3.8, 4) is 0 Å². The summed E-state index contributed by atoms with van der Waals surface area (Å²) in [5.41, 5.74) is 1.99. The standard InChI is InChI=1S/C28H33FN2O/c1-2-16-31(20-25-19-27(25)22-11-13-26(29)14-12-22)17-6-5-15-30-28(32)24-10-9-21-7-3-4-8-23(21)18-24/h3-4,7-14,18,25,27H,2,5-6,15-17,19-20H2,1H3,(H,30,32). The number of carbonyl (C=O) groups excluding carboxylic acids is 1. The van der Waals surface area contributed by atoms with Gasteiger partial charge in [0.05, 0.1) is 0 Å². The van der Waals surface area contributed by atoms with E-state index in [2.05, 4.69) is 23.2 Å². The summed E-state index contributed by atoms with van der Waals surface area (Å²) in [5.74, 6) is 1.10. The van der Waals surface area contributed by atoms with Crippen LogP contribution in [0, 0.1) is 11.7 Å². The van der Waals surface area contributed by atoms with E-state index in [0.717, 1.165) is 55.2 Å². The molecular formula is C28H33FN2O. The molecular weight excluding hydrogens is 399 g/mol. The summed E-state index contributed by atoms with van der Waals surface area (Å²) in [6, 6.07) is 21.0. The number of amides is 1. The predicted octanol–water partition coefficient (Wildman–Crippen LogP) is 6.00. The van der Waals surface area contributed by atoms with E-state index in [4.69, 9.17) is 0 Å². The molecule has 1 amide bonds. The zero-order valence-corrected chi connectivity index (χ0v) is 18.9. The topological polar surface area (TPSA) is 32.3 Å². The van der Waals surface area contributed by atoms with Gasteiger partial charge < -0.3 is 10.2 Å². The third-order valence-electron chi connectivity index (χ3n) is 6.45. The van der Waals surface area contributed by atoms with Crippen LogP contribution in [0.5, 0.6) is 0 Å². The number of unbranched alkanes of at least 4 members (excludes halogenated alkanes) is 1. The molecule has 1 aliphatic carbocycles. The summed E-state index contributed by atoms with van der Waals surface area (Å²) in [5, 5.41) is 5.31. The average molecular weight is 433 g/mol. The van der Waals surface area contributed by atoms with Crippen molar-refractivity contribution in [3.63, 3.8) is 0 Å². The van der Waals surface area contributed by atoms with Crippen LogP contribution in [0.15, 0.2) is 66.7 Å². The number of rotatable bonds is 11. The Morgan fingerprint density at radius 3 is 2.56 bits per heavy atom. The molecule has 32 heavy (non-hydrogen) atoms. The van der Waals surface area contributed by atoms with Crippen molar-refractivity contribution in [2.75, 3.05) is 26.2 Å². The van der Waals surface area contributed by atoms with Crippen LogP contribution in [0.1, 0.15) is 54.4 Å². The van der Waals surface area contributed by atoms with Gasteiger partial charge in [-0.05, 0) is 91.2 Å². The lowest BCUT2D eigenvalue weighted by Gasteiger charge is -2.22.